The van der Waals surface area contributed by atoms with Crippen LogP contribution in [0.1, 0.15) is 53.4 Å². The molecule has 0 radical (unpaired) electrons. The van der Waals surface area contributed by atoms with E-state index in [1.165, 1.54) is 18.4 Å². The lowest BCUT2D eigenvalue weighted by atomic mass is 9.86. The molecule has 0 saturated heterocycles. The summed E-state index contributed by atoms with van der Waals surface area (Å²) in [6.07, 6.45) is 4.09. The summed E-state index contributed by atoms with van der Waals surface area (Å²) in [6, 6.07) is 0. The van der Waals surface area contributed by atoms with Crippen molar-refractivity contribution >= 4 is 5.78 Å². The van der Waals surface area contributed by atoms with Crippen LogP contribution in [0.25, 0.3) is 0 Å². The molecule has 1 aliphatic rings. The van der Waals surface area contributed by atoms with E-state index in [9.17, 15) is 4.79 Å². The van der Waals surface area contributed by atoms with Crippen LogP contribution in [0, 0.1) is 11.8 Å². The zero-order valence-corrected chi connectivity index (χ0v) is 11.1. The van der Waals surface area contributed by atoms with Crippen LogP contribution in [0.15, 0.2) is 23.3 Å². The Morgan fingerprint density at radius 1 is 1.50 bits per heavy atom. The molecule has 0 aromatic rings. The summed E-state index contributed by atoms with van der Waals surface area (Å²) >= 11 is 0. The summed E-state index contributed by atoms with van der Waals surface area (Å²) in [5.41, 5.74) is 3.76. The highest BCUT2D eigenvalue weighted by Gasteiger charge is 2.25. The largest absolute Gasteiger partial charge is 0.295 e. The van der Waals surface area contributed by atoms with Crippen molar-refractivity contribution in [2.45, 2.75) is 53.4 Å². The molecule has 1 unspecified atom stereocenters. The van der Waals surface area contributed by atoms with Gasteiger partial charge in [0.1, 0.15) is 0 Å². The Morgan fingerprint density at radius 3 is 2.62 bits per heavy atom. The Hall–Kier alpha value is -0.850. The first-order chi connectivity index (χ1) is 7.43. The van der Waals surface area contributed by atoms with Crippen molar-refractivity contribution in [2.24, 2.45) is 11.8 Å². The third-order valence-electron chi connectivity index (χ3n) is 3.73. The Balaban J connectivity index is 2.61. The average Bonchev–Trinajstić information content (AvgIpc) is 2.56. The Morgan fingerprint density at radius 2 is 2.12 bits per heavy atom. The minimum atomic E-state index is 0.217. The SMILES string of the molecule is C=C(C)C(=O)CCC1=C(C)CCC1C(C)C. The Kier molecular flexibility index (Phi) is 4.52. The van der Waals surface area contributed by atoms with Gasteiger partial charge in [0, 0.05) is 6.42 Å². The first-order valence-corrected chi connectivity index (χ1v) is 6.30. The van der Waals surface area contributed by atoms with Gasteiger partial charge in [-0.2, -0.15) is 0 Å². The molecule has 0 amide bonds. The van der Waals surface area contributed by atoms with E-state index in [2.05, 4.69) is 27.4 Å². The van der Waals surface area contributed by atoms with E-state index in [1.807, 2.05) is 0 Å². The number of carbonyl (C=O) groups is 1. The highest BCUT2D eigenvalue weighted by Crippen LogP contribution is 2.39. The average molecular weight is 220 g/mol. The highest BCUT2D eigenvalue weighted by atomic mass is 16.1. The number of ketones is 1. The van der Waals surface area contributed by atoms with Crippen LogP contribution in [-0.4, -0.2) is 5.78 Å². The molecule has 90 valence electrons. The summed E-state index contributed by atoms with van der Waals surface area (Å²) in [7, 11) is 0. The summed E-state index contributed by atoms with van der Waals surface area (Å²) in [4.78, 5) is 11.6. The maximum absolute atomic E-state index is 11.6. The van der Waals surface area contributed by atoms with Gasteiger partial charge in [0.2, 0.25) is 0 Å². The van der Waals surface area contributed by atoms with Crippen molar-refractivity contribution in [2.75, 3.05) is 0 Å². The summed E-state index contributed by atoms with van der Waals surface area (Å²) in [6.45, 7) is 12.3. The predicted molar refractivity (Wildman–Crippen MR) is 69.3 cm³/mol. The predicted octanol–water partition coefficient (Wildman–Crippen LogP) is 4.29. The van der Waals surface area contributed by atoms with Gasteiger partial charge in [-0.15, -0.1) is 0 Å². The molecular weight excluding hydrogens is 196 g/mol. The lowest BCUT2D eigenvalue weighted by Crippen LogP contribution is -2.09. The second-order valence-electron chi connectivity index (χ2n) is 5.40. The Bertz CT molecular complexity index is 320. The summed E-state index contributed by atoms with van der Waals surface area (Å²) in [5, 5.41) is 0. The van der Waals surface area contributed by atoms with E-state index in [1.54, 1.807) is 12.5 Å². The minimum absolute atomic E-state index is 0.217. The van der Waals surface area contributed by atoms with Crippen LogP contribution in [0.4, 0.5) is 0 Å². The summed E-state index contributed by atoms with van der Waals surface area (Å²) < 4.78 is 0. The standard InChI is InChI=1S/C15H24O/c1-10(2)13-7-6-12(5)14(13)8-9-15(16)11(3)4/h10,13H,3,6-9H2,1-2,4-5H3. The molecule has 0 fully saturated rings. The third kappa shape index (κ3) is 3.07. The first kappa shape index (κ1) is 13.2. The van der Waals surface area contributed by atoms with Crippen molar-refractivity contribution in [3.63, 3.8) is 0 Å². The van der Waals surface area contributed by atoms with Crippen molar-refractivity contribution in [3.05, 3.63) is 23.3 Å². The van der Waals surface area contributed by atoms with Crippen LogP contribution >= 0.6 is 0 Å². The van der Waals surface area contributed by atoms with Crippen LogP contribution < -0.4 is 0 Å². The number of allylic oxidation sites excluding steroid dienone is 3. The van der Waals surface area contributed by atoms with E-state index in [0.29, 0.717) is 23.8 Å². The molecule has 1 atom stereocenters. The molecule has 0 saturated carbocycles. The zero-order chi connectivity index (χ0) is 12.3. The van der Waals surface area contributed by atoms with E-state index in [-0.39, 0.29) is 5.78 Å². The van der Waals surface area contributed by atoms with E-state index >= 15 is 0 Å². The quantitative estimate of drug-likeness (QED) is 0.499. The maximum Gasteiger partial charge on any atom is 0.158 e. The fourth-order valence-electron chi connectivity index (χ4n) is 2.62. The van der Waals surface area contributed by atoms with Gasteiger partial charge in [0.15, 0.2) is 5.78 Å². The summed E-state index contributed by atoms with van der Waals surface area (Å²) in [5.74, 6) is 1.63. The molecule has 0 spiro atoms. The number of Topliss-reactive ketones (excluding diaryl/α,β-unsaturated/α-hetero) is 1. The first-order valence-electron chi connectivity index (χ1n) is 6.30. The lowest BCUT2D eigenvalue weighted by Gasteiger charge is -2.19. The molecule has 1 nitrogen and oxygen atoms in total. The van der Waals surface area contributed by atoms with Gasteiger partial charge in [0.25, 0.3) is 0 Å². The van der Waals surface area contributed by atoms with E-state index in [4.69, 9.17) is 0 Å². The van der Waals surface area contributed by atoms with Crippen molar-refractivity contribution in [3.8, 4) is 0 Å². The molecule has 0 aromatic carbocycles. The van der Waals surface area contributed by atoms with Crippen molar-refractivity contribution < 1.29 is 4.79 Å². The second kappa shape index (κ2) is 5.47. The Labute approximate surface area is 99.6 Å². The maximum atomic E-state index is 11.6. The smallest absolute Gasteiger partial charge is 0.158 e. The molecule has 1 rings (SSSR count). The number of hydrogen-bond acceptors (Lipinski definition) is 1. The normalized spacial score (nSPS) is 20.7. The van der Waals surface area contributed by atoms with Crippen molar-refractivity contribution in [1.29, 1.82) is 0 Å². The van der Waals surface area contributed by atoms with Crippen LogP contribution in [0.2, 0.25) is 0 Å². The van der Waals surface area contributed by atoms with Gasteiger partial charge >= 0.3 is 0 Å². The highest BCUT2D eigenvalue weighted by molar-refractivity contribution is 5.94. The third-order valence-corrected chi connectivity index (χ3v) is 3.73. The molecule has 1 heteroatoms. The molecular formula is C15H24O. The number of rotatable bonds is 5. The van der Waals surface area contributed by atoms with Gasteiger partial charge in [-0.05, 0) is 50.5 Å². The lowest BCUT2D eigenvalue weighted by molar-refractivity contribution is -0.115. The molecule has 1 aliphatic carbocycles. The van der Waals surface area contributed by atoms with Crippen molar-refractivity contribution in [1.82, 2.24) is 0 Å². The molecule has 0 bridgehead atoms. The molecule has 0 heterocycles. The molecule has 0 aliphatic heterocycles. The fraction of sp³-hybridized carbons (Fsp3) is 0.667. The van der Waals surface area contributed by atoms with E-state index < -0.39 is 0 Å². The van der Waals surface area contributed by atoms with Gasteiger partial charge in [-0.3, -0.25) is 4.79 Å². The zero-order valence-electron chi connectivity index (χ0n) is 11.1. The van der Waals surface area contributed by atoms with Crippen LogP contribution in [0.5, 0.6) is 0 Å². The molecule has 16 heavy (non-hydrogen) atoms. The molecule has 0 aromatic heterocycles. The van der Waals surface area contributed by atoms with Gasteiger partial charge < -0.3 is 0 Å². The number of carbonyl (C=O) groups excluding carboxylic acids is 1. The monoisotopic (exact) mass is 220 g/mol. The van der Waals surface area contributed by atoms with Gasteiger partial charge in [0.05, 0.1) is 0 Å². The van der Waals surface area contributed by atoms with Gasteiger partial charge in [-0.1, -0.05) is 31.6 Å². The van der Waals surface area contributed by atoms with E-state index in [0.717, 1.165) is 6.42 Å². The molecule has 0 N–H and O–H groups in total. The fourth-order valence-corrected chi connectivity index (χ4v) is 2.62. The minimum Gasteiger partial charge on any atom is -0.295 e. The van der Waals surface area contributed by atoms with Crippen LogP contribution in [-0.2, 0) is 4.79 Å². The topological polar surface area (TPSA) is 17.1 Å². The van der Waals surface area contributed by atoms with Gasteiger partial charge in [-0.25, -0.2) is 0 Å². The van der Waals surface area contributed by atoms with Crippen LogP contribution in [0.3, 0.4) is 0 Å². The number of hydrogen-bond donors (Lipinski definition) is 0. The second-order valence-corrected chi connectivity index (χ2v) is 5.40.